The van der Waals surface area contributed by atoms with E-state index in [4.69, 9.17) is 0 Å². The van der Waals surface area contributed by atoms with Crippen LogP contribution in [0.15, 0.2) is 30.3 Å². The summed E-state index contributed by atoms with van der Waals surface area (Å²) < 4.78 is 0. The van der Waals surface area contributed by atoms with Crippen LogP contribution in [0.1, 0.15) is 17.9 Å². The van der Waals surface area contributed by atoms with Crippen LogP contribution < -0.4 is 0 Å². The number of benzene rings is 1. The lowest BCUT2D eigenvalue weighted by molar-refractivity contribution is -0.496. The van der Waals surface area contributed by atoms with Gasteiger partial charge in [-0.25, -0.2) is 0 Å². The van der Waals surface area contributed by atoms with Crippen molar-refractivity contribution in [3.8, 4) is 0 Å². The lowest BCUT2D eigenvalue weighted by atomic mass is 10.1. The Bertz CT molecular complexity index is 297. The van der Waals surface area contributed by atoms with Crippen LogP contribution in [0.5, 0.6) is 0 Å². The molecule has 1 aromatic rings. The lowest BCUT2D eigenvalue weighted by Crippen LogP contribution is -2.02. The first-order chi connectivity index (χ1) is 5.79. The van der Waals surface area contributed by atoms with Gasteiger partial charge in [0.1, 0.15) is 0 Å². The summed E-state index contributed by atoms with van der Waals surface area (Å²) in [4.78, 5) is 10.2. The predicted molar refractivity (Wildman–Crippen MR) is 44.6 cm³/mol. The molecule has 0 N–H and O–H groups in total. The zero-order valence-electron chi connectivity index (χ0n) is 6.51. The largest absolute Gasteiger partial charge is 0.264 e. The van der Waals surface area contributed by atoms with E-state index >= 15 is 0 Å². The number of hydrogen-bond donors (Lipinski definition) is 0. The molecule has 0 heterocycles. The average Bonchev–Trinajstić information content (AvgIpc) is 2.84. The summed E-state index contributed by atoms with van der Waals surface area (Å²) in [5.74, 6) is 0.168. The summed E-state index contributed by atoms with van der Waals surface area (Å²) in [6.07, 6.45) is 0.705. The molecule has 0 aliphatic heterocycles. The average molecular weight is 163 g/mol. The fraction of sp³-hybridized carbons (Fsp3) is 0.333. The lowest BCUT2D eigenvalue weighted by Gasteiger charge is -1.93. The van der Waals surface area contributed by atoms with Gasteiger partial charge in [-0.15, -0.1) is 0 Å². The third-order valence-corrected chi connectivity index (χ3v) is 2.26. The fourth-order valence-electron chi connectivity index (χ4n) is 1.47. The topological polar surface area (TPSA) is 43.1 Å². The standard InChI is InChI=1S/C9H9NO2/c11-10(12)9-6-8(9)7-4-2-1-3-5-7/h1-5,8-9H,6H2/t8?,9-/m0/s1. The van der Waals surface area contributed by atoms with E-state index in [1.165, 1.54) is 0 Å². The van der Waals surface area contributed by atoms with Crippen molar-refractivity contribution in [1.29, 1.82) is 0 Å². The molecule has 0 saturated heterocycles. The SMILES string of the molecule is O=[N+]([O-])[C@H]1CC1c1ccccc1. The molecule has 3 heteroatoms. The summed E-state index contributed by atoms with van der Waals surface area (Å²) in [6, 6.07) is 9.34. The maximum Gasteiger partial charge on any atom is 0.221 e. The quantitative estimate of drug-likeness (QED) is 0.493. The molecule has 12 heavy (non-hydrogen) atoms. The molecule has 62 valence electrons. The van der Waals surface area contributed by atoms with E-state index in [1.807, 2.05) is 30.3 Å². The summed E-state index contributed by atoms with van der Waals surface area (Å²) >= 11 is 0. The molecule has 0 spiro atoms. The Kier molecular flexibility index (Phi) is 1.57. The molecule has 1 unspecified atom stereocenters. The molecular formula is C9H9NO2. The Hall–Kier alpha value is -1.38. The van der Waals surface area contributed by atoms with Gasteiger partial charge in [-0.3, -0.25) is 10.1 Å². The fourth-order valence-corrected chi connectivity index (χ4v) is 1.47. The van der Waals surface area contributed by atoms with Crippen LogP contribution in [0.4, 0.5) is 0 Å². The zero-order chi connectivity index (χ0) is 8.55. The second-order valence-electron chi connectivity index (χ2n) is 3.11. The molecule has 1 aliphatic rings. The van der Waals surface area contributed by atoms with E-state index in [0.717, 1.165) is 5.56 Å². The summed E-state index contributed by atoms with van der Waals surface area (Å²) in [6.45, 7) is 0. The first-order valence-electron chi connectivity index (χ1n) is 3.97. The monoisotopic (exact) mass is 163 g/mol. The van der Waals surface area contributed by atoms with Crippen LogP contribution in [0.25, 0.3) is 0 Å². The molecule has 0 radical (unpaired) electrons. The maximum atomic E-state index is 10.4. The predicted octanol–water partition coefficient (Wildman–Crippen LogP) is 1.82. The van der Waals surface area contributed by atoms with E-state index in [9.17, 15) is 10.1 Å². The van der Waals surface area contributed by atoms with Gasteiger partial charge in [0, 0.05) is 11.3 Å². The van der Waals surface area contributed by atoms with Gasteiger partial charge in [-0.2, -0.15) is 0 Å². The Morgan fingerprint density at radius 2 is 2.00 bits per heavy atom. The number of nitrogens with zero attached hydrogens (tertiary/aromatic N) is 1. The van der Waals surface area contributed by atoms with Gasteiger partial charge >= 0.3 is 0 Å². The molecule has 3 nitrogen and oxygen atoms in total. The van der Waals surface area contributed by atoms with Gasteiger partial charge < -0.3 is 0 Å². The second-order valence-corrected chi connectivity index (χ2v) is 3.11. The van der Waals surface area contributed by atoms with E-state index < -0.39 is 0 Å². The molecule has 1 aromatic carbocycles. The Balaban J connectivity index is 2.11. The molecule has 2 rings (SSSR count). The maximum absolute atomic E-state index is 10.4. The highest BCUT2D eigenvalue weighted by atomic mass is 16.6. The molecule has 1 saturated carbocycles. The van der Waals surface area contributed by atoms with Crippen molar-refractivity contribution in [2.24, 2.45) is 0 Å². The van der Waals surface area contributed by atoms with Crippen molar-refractivity contribution in [3.63, 3.8) is 0 Å². The highest BCUT2D eigenvalue weighted by Crippen LogP contribution is 2.42. The van der Waals surface area contributed by atoms with E-state index in [1.54, 1.807) is 0 Å². The third kappa shape index (κ3) is 1.18. The van der Waals surface area contributed by atoms with Crippen molar-refractivity contribution in [2.75, 3.05) is 0 Å². The zero-order valence-corrected chi connectivity index (χ0v) is 6.51. The van der Waals surface area contributed by atoms with Crippen molar-refractivity contribution >= 4 is 0 Å². The van der Waals surface area contributed by atoms with E-state index in [2.05, 4.69) is 0 Å². The van der Waals surface area contributed by atoms with Crippen LogP contribution in [0.2, 0.25) is 0 Å². The van der Waals surface area contributed by atoms with Gasteiger partial charge in [0.05, 0.1) is 5.92 Å². The summed E-state index contributed by atoms with van der Waals surface area (Å²) in [5, 5.41) is 10.4. The Morgan fingerprint density at radius 1 is 1.33 bits per heavy atom. The van der Waals surface area contributed by atoms with Crippen molar-refractivity contribution < 1.29 is 4.92 Å². The molecular weight excluding hydrogens is 154 g/mol. The van der Waals surface area contributed by atoms with Crippen LogP contribution in [0.3, 0.4) is 0 Å². The highest BCUT2D eigenvalue weighted by Gasteiger charge is 2.48. The summed E-state index contributed by atoms with van der Waals surface area (Å²) in [7, 11) is 0. The summed E-state index contributed by atoms with van der Waals surface area (Å²) in [5.41, 5.74) is 1.10. The van der Waals surface area contributed by atoms with Crippen molar-refractivity contribution in [2.45, 2.75) is 18.4 Å². The third-order valence-electron chi connectivity index (χ3n) is 2.26. The molecule has 1 aliphatic carbocycles. The van der Waals surface area contributed by atoms with Gasteiger partial charge in [-0.1, -0.05) is 30.3 Å². The van der Waals surface area contributed by atoms with Gasteiger partial charge in [0.2, 0.25) is 6.04 Å². The number of hydrogen-bond acceptors (Lipinski definition) is 2. The van der Waals surface area contributed by atoms with Gasteiger partial charge in [-0.05, 0) is 5.56 Å². The molecule has 0 bridgehead atoms. The first kappa shape index (κ1) is 7.28. The Morgan fingerprint density at radius 3 is 2.50 bits per heavy atom. The van der Waals surface area contributed by atoms with E-state index in [-0.39, 0.29) is 16.9 Å². The minimum Gasteiger partial charge on any atom is -0.264 e. The minimum absolute atomic E-state index is 0.168. The second kappa shape index (κ2) is 2.59. The first-order valence-corrected chi connectivity index (χ1v) is 3.97. The smallest absolute Gasteiger partial charge is 0.221 e. The minimum atomic E-state index is -0.326. The molecule has 0 amide bonds. The molecule has 0 aromatic heterocycles. The number of nitro groups is 1. The van der Waals surface area contributed by atoms with Crippen LogP contribution in [0, 0.1) is 10.1 Å². The highest BCUT2D eigenvalue weighted by molar-refractivity contribution is 5.26. The normalized spacial score (nSPS) is 26.7. The molecule has 2 atom stereocenters. The number of rotatable bonds is 2. The van der Waals surface area contributed by atoms with Crippen LogP contribution in [-0.4, -0.2) is 11.0 Å². The van der Waals surface area contributed by atoms with Crippen molar-refractivity contribution in [3.05, 3.63) is 46.0 Å². The van der Waals surface area contributed by atoms with Crippen molar-refractivity contribution in [1.82, 2.24) is 0 Å². The van der Waals surface area contributed by atoms with Crippen LogP contribution >= 0.6 is 0 Å². The van der Waals surface area contributed by atoms with Gasteiger partial charge in [0.15, 0.2) is 0 Å². The van der Waals surface area contributed by atoms with Crippen LogP contribution in [-0.2, 0) is 0 Å². The Labute approximate surface area is 70.2 Å². The molecule has 1 fully saturated rings. The van der Waals surface area contributed by atoms with Gasteiger partial charge in [0.25, 0.3) is 0 Å². The van der Waals surface area contributed by atoms with E-state index in [0.29, 0.717) is 6.42 Å².